The number of allylic oxidation sites excluding steroid dienone is 1. The van der Waals surface area contributed by atoms with Crippen molar-refractivity contribution in [1.82, 2.24) is 0 Å². The molecular weight excluding hydrogens is 418 g/mol. The van der Waals surface area contributed by atoms with Crippen LogP contribution in [-0.2, 0) is 9.53 Å². The Morgan fingerprint density at radius 3 is 2.18 bits per heavy atom. The largest absolute Gasteiger partial charge is 0.462 e. The smallest absolute Gasteiger partial charge is 0.302 e. The first-order chi connectivity index (χ1) is 15.7. The minimum atomic E-state index is -0.119. The van der Waals surface area contributed by atoms with Gasteiger partial charge in [0, 0.05) is 17.9 Å². The van der Waals surface area contributed by atoms with Crippen molar-refractivity contribution in [3.05, 3.63) is 12.2 Å². The van der Waals surface area contributed by atoms with Gasteiger partial charge >= 0.3 is 5.97 Å². The van der Waals surface area contributed by atoms with Gasteiger partial charge in [-0.15, -0.1) is 0 Å². The van der Waals surface area contributed by atoms with Crippen LogP contribution in [0.3, 0.4) is 0 Å². The van der Waals surface area contributed by atoms with Crippen molar-refractivity contribution < 1.29 is 9.53 Å². The summed E-state index contributed by atoms with van der Waals surface area (Å²) in [6, 6.07) is 0. The molecule has 5 aliphatic carbocycles. The maximum atomic E-state index is 11.9. The molecule has 0 aromatic heterocycles. The first-order valence-corrected chi connectivity index (χ1v) is 14.3. The van der Waals surface area contributed by atoms with Crippen LogP contribution in [0.1, 0.15) is 113 Å². The summed E-state index contributed by atoms with van der Waals surface area (Å²) in [6.45, 7) is 21.0. The molecule has 0 bridgehead atoms. The number of carbonyl (C=O) groups excluding carboxylic acids is 1. The van der Waals surface area contributed by atoms with Crippen LogP contribution in [0.4, 0.5) is 0 Å². The summed E-state index contributed by atoms with van der Waals surface area (Å²) in [6.07, 6.45) is 12.4. The molecule has 0 amide bonds. The fourth-order valence-electron chi connectivity index (χ4n) is 11.6. The summed E-state index contributed by atoms with van der Waals surface area (Å²) in [5, 5.41) is 0. The molecule has 0 unspecified atom stereocenters. The number of hydrogen-bond donors (Lipinski definition) is 1. The zero-order valence-corrected chi connectivity index (χ0v) is 23.1. The molecule has 3 nitrogen and oxygen atoms in total. The molecule has 192 valence electrons. The van der Waals surface area contributed by atoms with Crippen LogP contribution in [0.15, 0.2) is 12.2 Å². The van der Waals surface area contributed by atoms with E-state index in [0.717, 1.165) is 18.3 Å². The number of rotatable bonds is 2. The molecular formula is C31H51NO2. The van der Waals surface area contributed by atoms with Crippen LogP contribution in [0.2, 0.25) is 0 Å². The van der Waals surface area contributed by atoms with Crippen molar-refractivity contribution in [2.45, 2.75) is 124 Å². The van der Waals surface area contributed by atoms with Crippen LogP contribution in [0, 0.1) is 51.2 Å². The van der Waals surface area contributed by atoms with Crippen molar-refractivity contribution in [1.29, 1.82) is 0 Å². The van der Waals surface area contributed by atoms with Gasteiger partial charge in [0.25, 0.3) is 0 Å². The fraction of sp³-hybridized carbons (Fsp3) is 0.903. The Kier molecular flexibility index (Phi) is 5.55. The van der Waals surface area contributed by atoms with Gasteiger partial charge in [0.1, 0.15) is 6.10 Å². The summed E-state index contributed by atoms with van der Waals surface area (Å²) in [7, 11) is 0. The molecule has 0 heterocycles. The first kappa shape index (κ1) is 24.8. The van der Waals surface area contributed by atoms with E-state index in [1.165, 1.54) is 63.4 Å². The van der Waals surface area contributed by atoms with Gasteiger partial charge in [-0.05, 0) is 117 Å². The van der Waals surface area contributed by atoms with Gasteiger partial charge < -0.3 is 10.5 Å². The van der Waals surface area contributed by atoms with Gasteiger partial charge in [-0.1, -0.05) is 46.8 Å². The molecule has 3 heteroatoms. The molecule has 0 spiro atoms. The van der Waals surface area contributed by atoms with E-state index < -0.39 is 0 Å². The molecule has 0 aliphatic heterocycles. The second-order valence-electron chi connectivity index (χ2n) is 14.9. The predicted octanol–water partition coefficient (Wildman–Crippen LogP) is 7.29. The molecule has 10 atom stereocenters. The van der Waals surface area contributed by atoms with Crippen molar-refractivity contribution in [3.63, 3.8) is 0 Å². The van der Waals surface area contributed by atoms with E-state index in [0.29, 0.717) is 34.0 Å². The predicted molar refractivity (Wildman–Crippen MR) is 139 cm³/mol. The molecule has 5 saturated carbocycles. The van der Waals surface area contributed by atoms with Gasteiger partial charge in [0.2, 0.25) is 0 Å². The van der Waals surface area contributed by atoms with Gasteiger partial charge in [-0.3, -0.25) is 4.79 Å². The lowest BCUT2D eigenvalue weighted by Gasteiger charge is -2.72. The number of fused-ring (bicyclic) bond motifs is 7. The topological polar surface area (TPSA) is 52.3 Å². The summed E-state index contributed by atoms with van der Waals surface area (Å²) < 4.78 is 5.90. The zero-order valence-electron chi connectivity index (χ0n) is 23.1. The molecule has 5 rings (SSSR count). The Labute approximate surface area is 209 Å². The van der Waals surface area contributed by atoms with Crippen molar-refractivity contribution in [3.8, 4) is 0 Å². The monoisotopic (exact) mass is 469 g/mol. The Morgan fingerprint density at radius 2 is 1.53 bits per heavy atom. The van der Waals surface area contributed by atoms with Crippen LogP contribution >= 0.6 is 0 Å². The highest BCUT2D eigenvalue weighted by atomic mass is 16.5. The average molecular weight is 470 g/mol. The van der Waals surface area contributed by atoms with Crippen LogP contribution in [-0.4, -0.2) is 17.6 Å². The maximum Gasteiger partial charge on any atom is 0.302 e. The highest BCUT2D eigenvalue weighted by Crippen LogP contribution is 2.76. The Bertz CT molecular complexity index is 879. The lowest BCUT2D eigenvalue weighted by Crippen LogP contribution is -2.68. The van der Waals surface area contributed by atoms with E-state index in [2.05, 4.69) is 48.1 Å². The third-order valence-electron chi connectivity index (χ3n) is 13.4. The van der Waals surface area contributed by atoms with E-state index in [9.17, 15) is 4.79 Å². The molecule has 0 radical (unpaired) electrons. The number of ether oxygens (including phenoxy) is 1. The molecule has 5 fully saturated rings. The fourth-order valence-corrected chi connectivity index (χ4v) is 11.6. The van der Waals surface area contributed by atoms with Crippen LogP contribution < -0.4 is 5.73 Å². The molecule has 5 aliphatic rings. The quantitative estimate of drug-likeness (QED) is 0.341. The third-order valence-corrected chi connectivity index (χ3v) is 13.4. The molecule has 2 N–H and O–H groups in total. The first-order valence-electron chi connectivity index (χ1n) is 14.3. The van der Waals surface area contributed by atoms with Crippen LogP contribution in [0.5, 0.6) is 0 Å². The Morgan fingerprint density at radius 1 is 0.824 bits per heavy atom. The van der Waals surface area contributed by atoms with Gasteiger partial charge in [0.15, 0.2) is 0 Å². The van der Waals surface area contributed by atoms with Crippen LogP contribution in [0.25, 0.3) is 0 Å². The molecule has 0 saturated heterocycles. The van der Waals surface area contributed by atoms with E-state index >= 15 is 0 Å². The lowest BCUT2D eigenvalue weighted by molar-refractivity contribution is -0.244. The van der Waals surface area contributed by atoms with E-state index in [-0.39, 0.29) is 23.0 Å². The number of nitrogens with two attached hydrogens (primary N) is 1. The van der Waals surface area contributed by atoms with E-state index in [4.69, 9.17) is 10.5 Å². The Hall–Kier alpha value is -0.830. The van der Waals surface area contributed by atoms with E-state index in [1.807, 2.05) is 0 Å². The van der Waals surface area contributed by atoms with Crippen molar-refractivity contribution >= 4 is 5.97 Å². The Balaban J connectivity index is 1.50. The van der Waals surface area contributed by atoms with Gasteiger partial charge in [0.05, 0.1) is 0 Å². The maximum absolute atomic E-state index is 11.9. The second-order valence-corrected chi connectivity index (χ2v) is 14.9. The average Bonchev–Trinajstić information content (AvgIpc) is 3.08. The minimum Gasteiger partial charge on any atom is -0.462 e. The number of hydrogen-bond acceptors (Lipinski definition) is 3. The second kappa shape index (κ2) is 7.59. The molecule has 34 heavy (non-hydrogen) atoms. The normalized spacial score (nSPS) is 53.6. The summed E-state index contributed by atoms with van der Waals surface area (Å²) in [4.78, 5) is 11.9. The summed E-state index contributed by atoms with van der Waals surface area (Å²) in [5.74, 6) is 3.19. The van der Waals surface area contributed by atoms with Crippen molar-refractivity contribution in [2.75, 3.05) is 0 Å². The lowest BCUT2D eigenvalue weighted by atomic mass is 9.32. The highest BCUT2D eigenvalue weighted by Gasteiger charge is 2.70. The number of esters is 1. The number of carbonyl (C=O) groups is 1. The minimum absolute atomic E-state index is 0.0299. The third kappa shape index (κ3) is 3.07. The molecule has 0 aromatic rings. The van der Waals surface area contributed by atoms with Gasteiger partial charge in [-0.25, -0.2) is 0 Å². The standard InChI is InChI=1S/C31H51NO2/c1-19(2)21-11-16-31(32)18-17-29(7)22(26(21)31)9-10-24-28(6)14-13-25(34-20(3)33)27(4,5)23(28)12-15-30(24,29)8/h21-26H,1,9-18,32H2,2-8H3/t21-,22+,23-,24+,25-,26+,28-,29+,30+,31-/m0/s1. The zero-order chi connectivity index (χ0) is 24.9. The van der Waals surface area contributed by atoms with Crippen molar-refractivity contribution in [2.24, 2.45) is 57.0 Å². The SMILES string of the molecule is C=C(C)[C@@H]1CC[C@]2(N)CC[C@]3(C)[C@H](CC[C@@H]4[C@@]5(C)CC[C@H](OC(C)=O)C(C)(C)[C@@H]5CC[C@]43C)[C@@H]12. The van der Waals surface area contributed by atoms with Gasteiger partial charge in [-0.2, -0.15) is 0 Å². The summed E-state index contributed by atoms with van der Waals surface area (Å²) in [5.41, 5.74) is 9.68. The highest BCUT2D eigenvalue weighted by molar-refractivity contribution is 5.66. The summed E-state index contributed by atoms with van der Waals surface area (Å²) >= 11 is 0. The molecule has 0 aromatic carbocycles. The van der Waals surface area contributed by atoms with E-state index in [1.54, 1.807) is 6.92 Å².